The Morgan fingerprint density at radius 3 is 2.50 bits per heavy atom. The van der Waals surface area contributed by atoms with Gasteiger partial charge in [0.25, 0.3) is 15.9 Å². The van der Waals surface area contributed by atoms with Crippen molar-refractivity contribution < 1.29 is 27.5 Å². The molecule has 1 fully saturated rings. The molecule has 22 heavy (non-hydrogen) atoms. The molecular formula is C11H11ClFN3O5S. The number of rotatable bonds is 3. The van der Waals surface area contributed by atoms with Crippen LogP contribution in [0.1, 0.15) is 17.3 Å². The Labute approximate surface area is 130 Å². The summed E-state index contributed by atoms with van der Waals surface area (Å²) in [7, 11) is -3.29. The van der Waals surface area contributed by atoms with E-state index in [9.17, 15) is 22.4 Å². The highest BCUT2D eigenvalue weighted by Gasteiger charge is 2.44. The number of hydrogen-bond acceptors (Lipinski definition) is 5. The molecule has 2 N–H and O–H groups in total. The minimum absolute atomic E-state index is 0.487. The maximum Gasteiger partial charge on any atom is 0.338 e. The number of nitrogens with one attached hydrogen (secondary N) is 1. The molecule has 1 saturated heterocycles. The molecule has 0 saturated carbocycles. The first-order chi connectivity index (χ1) is 10.1. The number of halogens is 2. The summed E-state index contributed by atoms with van der Waals surface area (Å²) in [6.45, 7) is 1.29. The lowest BCUT2D eigenvalue weighted by molar-refractivity contribution is -0.128. The summed E-state index contributed by atoms with van der Waals surface area (Å²) in [5.41, 5.74) is 1.41. The molecule has 1 aromatic carbocycles. The van der Waals surface area contributed by atoms with Crippen LogP contribution in [0, 0.1) is 5.82 Å². The van der Waals surface area contributed by atoms with Gasteiger partial charge in [-0.05, 0) is 19.1 Å². The monoisotopic (exact) mass is 351 g/mol. The number of carboxylic acid groups (broad SMARTS) is 1. The molecule has 120 valence electrons. The highest BCUT2D eigenvalue weighted by Crippen LogP contribution is 2.31. The third kappa shape index (κ3) is 2.43. The maximum absolute atomic E-state index is 14.3. The van der Waals surface area contributed by atoms with Crippen molar-refractivity contribution in [2.75, 3.05) is 7.05 Å². The van der Waals surface area contributed by atoms with E-state index >= 15 is 0 Å². The van der Waals surface area contributed by atoms with Crippen LogP contribution in [0.2, 0.25) is 5.02 Å². The number of likely N-dealkylation sites (N-methyl/N-ethyl adjacent to an activating group) is 1. The highest BCUT2D eigenvalue weighted by atomic mass is 35.5. The predicted octanol–water partition coefficient (Wildman–Crippen LogP) is 0.448. The zero-order valence-electron chi connectivity index (χ0n) is 11.4. The van der Waals surface area contributed by atoms with Crippen LogP contribution in [0.3, 0.4) is 0 Å². The molecule has 2 rings (SSSR count). The third-order valence-corrected chi connectivity index (χ3v) is 5.34. The van der Waals surface area contributed by atoms with Crippen LogP contribution in [-0.4, -0.2) is 47.9 Å². The van der Waals surface area contributed by atoms with Gasteiger partial charge in [0.15, 0.2) is 5.82 Å². The van der Waals surface area contributed by atoms with Crippen molar-refractivity contribution in [3.8, 4) is 0 Å². The third-order valence-electron chi connectivity index (χ3n) is 3.08. The summed E-state index contributed by atoms with van der Waals surface area (Å²) in [5.74, 6) is -3.69. The summed E-state index contributed by atoms with van der Waals surface area (Å²) >= 11 is 5.72. The number of carbonyl (C=O) groups is 2. The molecule has 1 unspecified atom stereocenters. The van der Waals surface area contributed by atoms with Crippen molar-refractivity contribution >= 4 is 33.5 Å². The van der Waals surface area contributed by atoms with Crippen molar-refractivity contribution in [3.63, 3.8) is 0 Å². The Morgan fingerprint density at radius 1 is 1.45 bits per heavy atom. The van der Waals surface area contributed by atoms with E-state index in [0.717, 1.165) is 17.1 Å². The minimum Gasteiger partial charge on any atom is -0.478 e. The molecule has 0 aromatic heterocycles. The van der Waals surface area contributed by atoms with E-state index in [0.29, 0.717) is 4.41 Å². The zero-order chi connectivity index (χ0) is 16.8. The molecule has 1 heterocycles. The van der Waals surface area contributed by atoms with Crippen molar-refractivity contribution in [2.24, 2.45) is 0 Å². The molecule has 1 aliphatic heterocycles. The molecule has 0 aliphatic carbocycles. The summed E-state index contributed by atoms with van der Waals surface area (Å²) in [4.78, 5) is 21.6. The van der Waals surface area contributed by atoms with Crippen molar-refractivity contribution in [1.29, 1.82) is 0 Å². The van der Waals surface area contributed by atoms with Crippen molar-refractivity contribution in [3.05, 3.63) is 28.5 Å². The molecule has 8 nitrogen and oxygen atoms in total. The van der Waals surface area contributed by atoms with Gasteiger partial charge in [-0.15, -0.1) is 9.95 Å². The molecule has 0 bridgehead atoms. The second kappa shape index (κ2) is 5.47. The quantitative estimate of drug-likeness (QED) is 0.818. The van der Waals surface area contributed by atoms with Crippen LogP contribution in [-0.2, 0) is 14.8 Å². The topological polar surface area (TPSA) is 107 Å². The number of carbonyl (C=O) groups excluding carboxylic acids is 1. The maximum atomic E-state index is 14.3. The number of hydrogen-bond donors (Lipinski definition) is 2. The number of sulfonamides is 1. The van der Waals surface area contributed by atoms with Crippen molar-refractivity contribution in [2.45, 2.75) is 17.9 Å². The zero-order valence-corrected chi connectivity index (χ0v) is 12.9. The minimum atomic E-state index is -4.58. The first-order valence-electron chi connectivity index (χ1n) is 5.88. The van der Waals surface area contributed by atoms with E-state index in [4.69, 9.17) is 16.7 Å². The molecule has 1 amide bonds. The fourth-order valence-electron chi connectivity index (χ4n) is 1.96. The molecule has 1 aromatic rings. The second-order valence-electron chi connectivity index (χ2n) is 4.52. The first kappa shape index (κ1) is 16.6. The van der Waals surface area contributed by atoms with E-state index in [1.165, 1.54) is 14.0 Å². The van der Waals surface area contributed by atoms with E-state index < -0.39 is 49.2 Å². The number of nitrogens with zero attached hydrogens (tertiary/aromatic N) is 2. The summed E-state index contributed by atoms with van der Waals surface area (Å²) < 4.78 is 39.8. The van der Waals surface area contributed by atoms with Gasteiger partial charge in [0.1, 0.15) is 10.9 Å². The van der Waals surface area contributed by atoms with Gasteiger partial charge < -0.3 is 5.11 Å². The summed E-state index contributed by atoms with van der Waals surface area (Å²) in [5, 5.41) is 9.30. The molecule has 11 heteroatoms. The Kier molecular flexibility index (Phi) is 4.13. The molecule has 1 aliphatic rings. The van der Waals surface area contributed by atoms with Crippen molar-refractivity contribution in [1.82, 2.24) is 15.0 Å². The van der Waals surface area contributed by atoms with E-state index in [-0.39, 0.29) is 0 Å². The lowest BCUT2D eigenvalue weighted by atomic mass is 10.2. The Morgan fingerprint density at radius 2 is 2.05 bits per heavy atom. The fraction of sp³-hybridized carbons (Fsp3) is 0.273. The van der Waals surface area contributed by atoms with Gasteiger partial charge in [-0.3, -0.25) is 9.80 Å². The van der Waals surface area contributed by atoms with Crippen LogP contribution < -0.4 is 5.53 Å². The van der Waals surface area contributed by atoms with Crippen LogP contribution in [0.4, 0.5) is 4.39 Å². The lowest BCUT2D eigenvalue weighted by Crippen LogP contribution is -2.44. The summed E-state index contributed by atoms with van der Waals surface area (Å²) in [6, 6.07) is 0.684. The Hall–Kier alpha value is -1.75. The van der Waals surface area contributed by atoms with Crippen LogP contribution >= 0.6 is 11.6 Å². The van der Waals surface area contributed by atoms with Gasteiger partial charge in [-0.1, -0.05) is 11.6 Å². The highest BCUT2D eigenvalue weighted by molar-refractivity contribution is 7.89. The van der Waals surface area contributed by atoms with Crippen LogP contribution in [0.5, 0.6) is 0 Å². The first-order valence-corrected chi connectivity index (χ1v) is 7.70. The molecule has 0 radical (unpaired) electrons. The normalized spacial score (nSPS) is 19.7. The molecule has 0 spiro atoms. The number of hydrazine groups is 2. The van der Waals surface area contributed by atoms with E-state index in [1.54, 1.807) is 0 Å². The Balaban J connectivity index is 2.63. The summed E-state index contributed by atoms with van der Waals surface area (Å²) in [6.07, 6.45) is 0. The van der Waals surface area contributed by atoms with Gasteiger partial charge in [0, 0.05) is 7.05 Å². The predicted molar refractivity (Wildman–Crippen MR) is 72.8 cm³/mol. The van der Waals surface area contributed by atoms with Crippen LogP contribution in [0.25, 0.3) is 0 Å². The number of carboxylic acids is 1. The molecule has 1 atom stereocenters. The standard InChI is InChI=1S/C11H11ClFN3O5S/c1-5-10(17)15(2)14-16(5)22(20,21)9-7(12)4-3-6(8(9)13)11(18)19/h3-5,14H,1-2H3,(H,18,19). The second-order valence-corrected chi connectivity index (χ2v) is 6.68. The van der Waals surface area contributed by atoms with Gasteiger partial charge in [0.2, 0.25) is 0 Å². The number of amides is 1. The number of aromatic carboxylic acids is 1. The number of benzene rings is 1. The largest absolute Gasteiger partial charge is 0.478 e. The van der Waals surface area contributed by atoms with E-state index in [2.05, 4.69) is 5.53 Å². The molecular weight excluding hydrogens is 341 g/mol. The smallest absolute Gasteiger partial charge is 0.338 e. The van der Waals surface area contributed by atoms with Gasteiger partial charge in [0.05, 0.1) is 10.6 Å². The average molecular weight is 352 g/mol. The van der Waals surface area contributed by atoms with Gasteiger partial charge in [-0.25, -0.2) is 17.6 Å². The van der Waals surface area contributed by atoms with Gasteiger partial charge >= 0.3 is 5.97 Å². The Bertz CT molecular complexity index is 769. The average Bonchev–Trinajstić information content (AvgIpc) is 2.66. The van der Waals surface area contributed by atoms with Crippen LogP contribution in [0.15, 0.2) is 17.0 Å². The lowest BCUT2D eigenvalue weighted by Gasteiger charge is -2.20. The fourth-order valence-corrected chi connectivity index (χ4v) is 3.98. The van der Waals surface area contributed by atoms with Gasteiger partial charge in [-0.2, -0.15) is 0 Å². The van der Waals surface area contributed by atoms with E-state index in [1.807, 2.05) is 0 Å². The SMILES string of the molecule is CC1C(=O)N(C)NN1S(=O)(=O)c1c(Cl)ccc(C(=O)O)c1F.